The average molecular weight is 250 g/mol. The molecule has 0 atom stereocenters. The van der Waals surface area contributed by atoms with Crippen LogP contribution in [0.15, 0.2) is 23.2 Å². The molecular weight excluding hydrogens is 240 g/mol. The lowest BCUT2D eigenvalue weighted by molar-refractivity contribution is 0.479. The molecule has 0 N–H and O–H groups in total. The molecule has 0 bridgehead atoms. The summed E-state index contributed by atoms with van der Waals surface area (Å²) in [5.74, 6) is 0. The van der Waals surface area contributed by atoms with Crippen LogP contribution in [0.2, 0.25) is 0 Å². The second-order valence-electron chi connectivity index (χ2n) is 3.22. The number of sulfonamides is 1. The van der Waals surface area contributed by atoms with Gasteiger partial charge in [-0.05, 0) is 19.1 Å². The maximum absolute atomic E-state index is 12.0. The van der Waals surface area contributed by atoms with Crippen LogP contribution in [-0.2, 0) is 10.0 Å². The van der Waals surface area contributed by atoms with Crippen LogP contribution < -0.4 is 0 Å². The highest BCUT2D eigenvalue weighted by atomic mass is 32.2. The number of nitriles is 2. The monoisotopic (exact) mass is 250 g/mol. The smallest absolute Gasteiger partial charge is 0.246 e. The molecule has 0 unspecified atom stereocenters. The van der Waals surface area contributed by atoms with Crippen molar-refractivity contribution in [1.82, 2.24) is 9.29 Å². The Labute approximate surface area is 99.8 Å². The van der Waals surface area contributed by atoms with Gasteiger partial charge in [-0.25, -0.2) is 8.42 Å². The Hall–Kier alpha value is -1.96. The molecule has 0 aliphatic rings. The van der Waals surface area contributed by atoms with Crippen LogP contribution in [0.25, 0.3) is 0 Å². The van der Waals surface area contributed by atoms with Gasteiger partial charge in [0.1, 0.15) is 18.0 Å². The molecule has 1 rings (SSSR count). The first kappa shape index (κ1) is 13.1. The van der Waals surface area contributed by atoms with Crippen LogP contribution in [-0.4, -0.2) is 30.8 Å². The van der Waals surface area contributed by atoms with Crippen molar-refractivity contribution in [1.29, 1.82) is 10.5 Å². The fraction of sp³-hybridized carbons (Fsp3) is 0.300. The number of aromatic nitrogens is 1. The van der Waals surface area contributed by atoms with Gasteiger partial charge in [0.05, 0.1) is 12.1 Å². The molecule has 0 fully saturated rings. The van der Waals surface area contributed by atoms with Gasteiger partial charge in [0.25, 0.3) is 0 Å². The molecule has 0 aromatic carbocycles. The molecule has 88 valence electrons. The molecule has 1 aromatic heterocycles. The van der Waals surface area contributed by atoms with Crippen molar-refractivity contribution in [2.45, 2.75) is 11.8 Å². The first-order valence-electron chi connectivity index (χ1n) is 4.69. The van der Waals surface area contributed by atoms with E-state index >= 15 is 0 Å². The molecule has 17 heavy (non-hydrogen) atoms. The van der Waals surface area contributed by atoms with Crippen LogP contribution in [0.5, 0.6) is 0 Å². The molecule has 0 spiro atoms. The van der Waals surface area contributed by atoms with Crippen molar-refractivity contribution in [2.24, 2.45) is 0 Å². The molecule has 0 amide bonds. The number of pyridine rings is 1. The van der Waals surface area contributed by atoms with Gasteiger partial charge < -0.3 is 0 Å². The largest absolute Gasteiger partial charge is 0.260 e. The maximum atomic E-state index is 12.0. The predicted molar refractivity (Wildman–Crippen MR) is 59.0 cm³/mol. The van der Waals surface area contributed by atoms with Gasteiger partial charge in [-0.1, -0.05) is 0 Å². The number of nitrogens with zero attached hydrogens (tertiary/aromatic N) is 4. The minimum Gasteiger partial charge on any atom is -0.260 e. The first-order valence-corrected chi connectivity index (χ1v) is 6.13. The molecule has 1 heterocycles. The molecule has 1 aromatic rings. The Balaban J connectivity index is 3.13. The highest BCUT2D eigenvalue weighted by Gasteiger charge is 2.24. The summed E-state index contributed by atoms with van der Waals surface area (Å²) in [6, 6.07) is 6.39. The van der Waals surface area contributed by atoms with E-state index in [0.717, 1.165) is 4.31 Å². The Morgan fingerprint density at radius 1 is 1.29 bits per heavy atom. The van der Waals surface area contributed by atoms with E-state index < -0.39 is 10.0 Å². The molecule has 0 saturated carbocycles. The lowest BCUT2D eigenvalue weighted by Crippen LogP contribution is -2.31. The molecular formula is C10H10N4O2S. The number of hydrogen-bond acceptors (Lipinski definition) is 5. The predicted octanol–water partition coefficient (Wildman–Crippen LogP) is 0.428. The van der Waals surface area contributed by atoms with Gasteiger partial charge in [-0.15, -0.1) is 0 Å². The Bertz CT molecular complexity index is 550. The number of rotatable bonds is 4. The summed E-state index contributed by atoms with van der Waals surface area (Å²) in [6.45, 7) is 1.02. The molecule has 0 saturated heterocycles. The summed E-state index contributed by atoms with van der Waals surface area (Å²) in [5, 5.41) is 17.1. The van der Waals surface area contributed by atoms with E-state index in [1.165, 1.54) is 12.3 Å². The summed E-state index contributed by atoms with van der Waals surface area (Å²) in [6.07, 6.45) is 1.21. The van der Waals surface area contributed by atoms with E-state index in [2.05, 4.69) is 4.98 Å². The van der Waals surface area contributed by atoms with Crippen LogP contribution >= 0.6 is 0 Å². The van der Waals surface area contributed by atoms with Crippen molar-refractivity contribution in [3.05, 3.63) is 24.0 Å². The van der Waals surface area contributed by atoms with Crippen molar-refractivity contribution in [2.75, 3.05) is 13.1 Å². The minimum absolute atomic E-state index is 0.0198. The van der Waals surface area contributed by atoms with Gasteiger partial charge in [-0.3, -0.25) is 4.98 Å². The van der Waals surface area contributed by atoms with Gasteiger partial charge in [0.15, 0.2) is 0 Å². The van der Waals surface area contributed by atoms with Gasteiger partial charge in [0.2, 0.25) is 10.0 Å². The molecule has 6 nitrogen and oxygen atoms in total. The lowest BCUT2D eigenvalue weighted by Gasteiger charge is -2.15. The van der Waals surface area contributed by atoms with E-state index in [4.69, 9.17) is 10.5 Å². The van der Waals surface area contributed by atoms with E-state index in [1.807, 2.05) is 0 Å². The summed E-state index contributed by atoms with van der Waals surface area (Å²) >= 11 is 0. The summed E-state index contributed by atoms with van der Waals surface area (Å²) in [7, 11) is -3.82. The molecule has 0 aliphatic heterocycles. The summed E-state index contributed by atoms with van der Waals surface area (Å²) in [5.41, 5.74) is 0.691. The van der Waals surface area contributed by atoms with Crippen LogP contribution in [0.1, 0.15) is 5.69 Å². The molecule has 0 aliphatic carbocycles. The zero-order valence-corrected chi connectivity index (χ0v) is 9.98. The number of aryl methyl sites for hydroxylation is 1. The highest BCUT2D eigenvalue weighted by Crippen LogP contribution is 2.14. The highest BCUT2D eigenvalue weighted by molar-refractivity contribution is 7.89. The van der Waals surface area contributed by atoms with E-state index in [0.29, 0.717) is 5.69 Å². The Kier molecular flexibility index (Phi) is 4.16. The second-order valence-corrected chi connectivity index (χ2v) is 5.16. The van der Waals surface area contributed by atoms with Gasteiger partial charge in [-0.2, -0.15) is 14.8 Å². The van der Waals surface area contributed by atoms with Crippen LogP contribution in [0.4, 0.5) is 0 Å². The van der Waals surface area contributed by atoms with Crippen molar-refractivity contribution < 1.29 is 8.42 Å². The fourth-order valence-corrected chi connectivity index (χ4v) is 2.32. The van der Waals surface area contributed by atoms with E-state index in [1.54, 1.807) is 25.1 Å². The Morgan fingerprint density at radius 2 is 1.88 bits per heavy atom. The fourth-order valence-electron chi connectivity index (χ4n) is 1.14. The van der Waals surface area contributed by atoms with Gasteiger partial charge in [0, 0.05) is 11.9 Å². The lowest BCUT2D eigenvalue weighted by atomic mass is 10.4. The Morgan fingerprint density at radius 3 is 2.29 bits per heavy atom. The average Bonchev–Trinajstić information content (AvgIpc) is 2.29. The zero-order chi connectivity index (χ0) is 12.9. The van der Waals surface area contributed by atoms with Crippen LogP contribution in [0.3, 0.4) is 0 Å². The first-order chi connectivity index (χ1) is 8.02. The maximum Gasteiger partial charge on any atom is 0.246 e. The topological polar surface area (TPSA) is 97.9 Å². The van der Waals surface area contributed by atoms with E-state index in [-0.39, 0.29) is 18.0 Å². The molecule has 7 heteroatoms. The minimum atomic E-state index is -3.82. The summed E-state index contributed by atoms with van der Waals surface area (Å²) in [4.78, 5) is 3.86. The van der Waals surface area contributed by atoms with Gasteiger partial charge >= 0.3 is 0 Å². The van der Waals surface area contributed by atoms with Crippen molar-refractivity contribution >= 4 is 10.0 Å². The zero-order valence-electron chi connectivity index (χ0n) is 9.16. The third-order valence-corrected chi connectivity index (χ3v) is 3.79. The van der Waals surface area contributed by atoms with E-state index in [9.17, 15) is 8.42 Å². The van der Waals surface area contributed by atoms with Crippen LogP contribution in [0, 0.1) is 29.6 Å². The van der Waals surface area contributed by atoms with Crippen molar-refractivity contribution in [3.8, 4) is 12.1 Å². The SMILES string of the molecule is Cc1ccc(S(=O)(=O)N(CC#N)CC#N)cn1. The third-order valence-electron chi connectivity index (χ3n) is 2.02. The molecule has 0 radical (unpaired) electrons. The summed E-state index contributed by atoms with van der Waals surface area (Å²) < 4.78 is 24.8. The second kappa shape index (κ2) is 5.39. The quantitative estimate of drug-likeness (QED) is 0.721. The number of hydrogen-bond donors (Lipinski definition) is 0. The third kappa shape index (κ3) is 3.00. The normalized spacial score (nSPS) is 10.8. The standard InChI is InChI=1S/C10H10N4O2S/c1-9-2-3-10(8-13-9)17(15,16)14(6-4-11)7-5-12/h2-3,8H,6-7H2,1H3. The van der Waals surface area contributed by atoms with Crippen molar-refractivity contribution in [3.63, 3.8) is 0 Å².